The number of para-hydroxylation sites is 1. The van der Waals surface area contributed by atoms with Crippen molar-refractivity contribution in [1.82, 2.24) is 9.97 Å². The van der Waals surface area contributed by atoms with Gasteiger partial charge in [-0.3, -0.25) is 4.99 Å². The smallest absolute Gasteiger partial charge is 0.215 e. The van der Waals surface area contributed by atoms with Crippen molar-refractivity contribution < 1.29 is 18.9 Å². The van der Waals surface area contributed by atoms with Gasteiger partial charge in [0.15, 0.2) is 11.5 Å². The molecule has 0 radical (unpaired) electrons. The number of ether oxygens (including phenoxy) is 4. The number of aromatic nitrogens is 2. The normalized spacial score (nSPS) is 13.8. The van der Waals surface area contributed by atoms with E-state index in [1.807, 2.05) is 48.8 Å². The van der Waals surface area contributed by atoms with Crippen LogP contribution in [0.4, 0.5) is 5.82 Å². The maximum atomic E-state index is 6.12. The zero-order valence-electron chi connectivity index (χ0n) is 21.3. The van der Waals surface area contributed by atoms with E-state index in [-0.39, 0.29) is 0 Å². The maximum absolute atomic E-state index is 6.12. The molecule has 37 heavy (non-hydrogen) atoms. The molecule has 1 aliphatic rings. The topological polar surface area (TPSA) is 81.2 Å². The molecule has 0 aliphatic carbocycles. The van der Waals surface area contributed by atoms with Crippen molar-refractivity contribution in [2.45, 2.75) is 13.0 Å². The summed E-state index contributed by atoms with van der Waals surface area (Å²) in [4.78, 5) is 15.0. The third-order valence-corrected chi connectivity index (χ3v) is 6.40. The highest BCUT2D eigenvalue weighted by atomic mass is 16.5. The summed E-state index contributed by atoms with van der Waals surface area (Å²) >= 11 is 0. The van der Waals surface area contributed by atoms with Crippen LogP contribution in [0, 0.1) is 0 Å². The van der Waals surface area contributed by atoms with Crippen LogP contribution in [0.1, 0.15) is 16.7 Å². The Morgan fingerprint density at radius 3 is 2.68 bits per heavy atom. The standard InChI is InChI=1S/C29H32N4O4/c1-34-26-8-7-21(15-27(26)35-2)9-12-37-29-17-22(16-28(32-29)33-10-13-36-14-11-33)18-30-19-23-20-31-25-6-4-3-5-24(23)25/h3-8,15-17,19-20,31H,9-14,18H2,1-2H3. The number of hydrogen-bond acceptors (Lipinski definition) is 7. The van der Waals surface area contributed by atoms with E-state index in [0.717, 1.165) is 52.9 Å². The number of pyridine rings is 1. The zero-order valence-corrected chi connectivity index (χ0v) is 21.3. The number of morpholine rings is 1. The molecule has 5 rings (SSSR count). The molecule has 192 valence electrons. The van der Waals surface area contributed by atoms with Crippen molar-refractivity contribution in [1.29, 1.82) is 0 Å². The van der Waals surface area contributed by atoms with E-state index in [1.54, 1.807) is 14.2 Å². The van der Waals surface area contributed by atoms with Gasteiger partial charge in [-0.05, 0) is 35.4 Å². The third kappa shape index (κ3) is 6.03. The van der Waals surface area contributed by atoms with Crippen molar-refractivity contribution in [3.8, 4) is 17.4 Å². The molecule has 1 saturated heterocycles. The van der Waals surface area contributed by atoms with Crippen LogP contribution >= 0.6 is 0 Å². The minimum atomic E-state index is 0.493. The molecule has 0 atom stereocenters. The average Bonchev–Trinajstić information content (AvgIpc) is 3.36. The molecule has 8 nitrogen and oxygen atoms in total. The summed E-state index contributed by atoms with van der Waals surface area (Å²) in [6, 6.07) is 18.2. The summed E-state index contributed by atoms with van der Waals surface area (Å²) in [5.74, 6) is 2.92. The fraction of sp³-hybridized carbons (Fsp3) is 0.310. The lowest BCUT2D eigenvalue weighted by Crippen LogP contribution is -2.36. The van der Waals surface area contributed by atoms with Gasteiger partial charge >= 0.3 is 0 Å². The SMILES string of the molecule is COc1ccc(CCOc2cc(CN=Cc3c[nH]c4ccccc34)cc(N3CCOCC3)n2)cc1OC. The molecule has 2 aromatic carbocycles. The number of rotatable bonds is 10. The number of methoxy groups -OCH3 is 2. The van der Waals surface area contributed by atoms with Gasteiger partial charge in [-0.15, -0.1) is 0 Å². The lowest BCUT2D eigenvalue weighted by Gasteiger charge is -2.28. The Kier molecular flexibility index (Phi) is 7.86. The zero-order chi connectivity index (χ0) is 25.5. The summed E-state index contributed by atoms with van der Waals surface area (Å²) in [6.45, 7) is 4.03. The minimum Gasteiger partial charge on any atom is -0.493 e. The number of hydrogen-bond donors (Lipinski definition) is 1. The Labute approximate surface area is 216 Å². The van der Waals surface area contributed by atoms with E-state index in [0.29, 0.717) is 43.7 Å². The summed E-state index contributed by atoms with van der Waals surface area (Å²) < 4.78 is 22.4. The van der Waals surface area contributed by atoms with Crippen molar-refractivity contribution in [3.05, 3.63) is 77.5 Å². The fourth-order valence-corrected chi connectivity index (χ4v) is 4.42. The molecular weight excluding hydrogens is 468 g/mol. The van der Waals surface area contributed by atoms with Crippen LogP contribution in [-0.4, -0.2) is 63.3 Å². The van der Waals surface area contributed by atoms with Crippen LogP contribution < -0.4 is 19.1 Å². The second kappa shape index (κ2) is 11.8. The van der Waals surface area contributed by atoms with E-state index in [9.17, 15) is 0 Å². The van der Waals surface area contributed by atoms with Crippen molar-refractivity contribution in [2.24, 2.45) is 4.99 Å². The lowest BCUT2D eigenvalue weighted by molar-refractivity contribution is 0.122. The monoisotopic (exact) mass is 500 g/mol. The van der Waals surface area contributed by atoms with Gasteiger partial charge in [0.2, 0.25) is 5.88 Å². The Morgan fingerprint density at radius 1 is 1.00 bits per heavy atom. The number of aliphatic imine (C=N–C) groups is 1. The molecule has 1 fully saturated rings. The fourth-order valence-electron chi connectivity index (χ4n) is 4.42. The number of fused-ring (bicyclic) bond motifs is 1. The molecule has 4 aromatic rings. The molecule has 3 heterocycles. The number of H-pyrrole nitrogens is 1. The van der Waals surface area contributed by atoms with E-state index >= 15 is 0 Å². The number of nitrogens with zero attached hydrogens (tertiary/aromatic N) is 3. The molecule has 0 spiro atoms. The first kappa shape index (κ1) is 24.6. The molecule has 1 N–H and O–H groups in total. The summed E-state index contributed by atoms with van der Waals surface area (Å²) in [5, 5.41) is 1.16. The van der Waals surface area contributed by atoms with Crippen LogP contribution in [0.2, 0.25) is 0 Å². The van der Waals surface area contributed by atoms with Gasteiger partial charge in [0.1, 0.15) is 5.82 Å². The lowest BCUT2D eigenvalue weighted by atomic mass is 10.1. The summed E-state index contributed by atoms with van der Waals surface area (Å²) in [6.07, 6.45) is 4.63. The van der Waals surface area contributed by atoms with Crippen LogP contribution in [0.3, 0.4) is 0 Å². The van der Waals surface area contributed by atoms with Crippen molar-refractivity contribution in [2.75, 3.05) is 52.0 Å². The van der Waals surface area contributed by atoms with E-state index in [4.69, 9.17) is 28.9 Å². The first-order valence-corrected chi connectivity index (χ1v) is 12.5. The molecule has 0 saturated carbocycles. The Balaban J connectivity index is 1.30. The van der Waals surface area contributed by atoms with Crippen molar-refractivity contribution in [3.63, 3.8) is 0 Å². The van der Waals surface area contributed by atoms with Gasteiger partial charge in [-0.2, -0.15) is 4.98 Å². The number of nitrogens with one attached hydrogen (secondary N) is 1. The Hall–Kier alpha value is -4.04. The first-order valence-electron chi connectivity index (χ1n) is 12.5. The van der Waals surface area contributed by atoms with Crippen LogP contribution in [0.15, 0.2) is 65.8 Å². The number of aromatic amines is 1. The number of benzene rings is 2. The van der Waals surface area contributed by atoms with Crippen molar-refractivity contribution >= 4 is 22.9 Å². The van der Waals surface area contributed by atoms with E-state index < -0.39 is 0 Å². The summed E-state index contributed by atoms with van der Waals surface area (Å²) in [5.41, 5.74) is 4.33. The largest absolute Gasteiger partial charge is 0.493 e. The average molecular weight is 501 g/mol. The predicted molar refractivity (Wildman–Crippen MR) is 146 cm³/mol. The van der Waals surface area contributed by atoms with Gasteiger partial charge in [0, 0.05) is 54.5 Å². The molecule has 1 aliphatic heterocycles. The second-order valence-corrected chi connectivity index (χ2v) is 8.82. The maximum Gasteiger partial charge on any atom is 0.215 e. The van der Waals surface area contributed by atoms with E-state index in [1.165, 1.54) is 0 Å². The minimum absolute atomic E-state index is 0.493. The van der Waals surface area contributed by atoms with E-state index in [2.05, 4.69) is 28.1 Å². The van der Waals surface area contributed by atoms with Crippen LogP contribution in [-0.2, 0) is 17.7 Å². The Morgan fingerprint density at radius 2 is 1.84 bits per heavy atom. The third-order valence-electron chi connectivity index (χ3n) is 6.40. The highest BCUT2D eigenvalue weighted by Gasteiger charge is 2.15. The van der Waals surface area contributed by atoms with Crippen LogP contribution in [0.5, 0.6) is 17.4 Å². The Bertz CT molecular complexity index is 1360. The van der Waals surface area contributed by atoms with Crippen LogP contribution in [0.25, 0.3) is 10.9 Å². The summed E-state index contributed by atoms with van der Waals surface area (Å²) in [7, 11) is 3.28. The molecular formula is C29H32N4O4. The van der Waals surface area contributed by atoms with Gasteiger partial charge in [-0.25, -0.2) is 0 Å². The highest BCUT2D eigenvalue weighted by molar-refractivity contribution is 5.98. The van der Waals surface area contributed by atoms with Gasteiger partial charge < -0.3 is 28.8 Å². The molecule has 2 aromatic heterocycles. The van der Waals surface area contributed by atoms with Gasteiger partial charge in [0.25, 0.3) is 0 Å². The highest BCUT2D eigenvalue weighted by Crippen LogP contribution is 2.28. The molecule has 0 unspecified atom stereocenters. The first-order chi connectivity index (χ1) is 18.2. The molecule has 0 amide bonds. The quantitative estimate of drug-likeness (QED) is 0.319. The van der Waals surface area contributed by atoms with Gasteiger partial charge in [0.05, 0.1) is 40.6 Å². The molecule has 0 bridgehead atoms. The number of anilines is 1. The predicted octanol–water partition coefficient (Wildman–Crippen LogP) is 4.66. The second-order valence-electron chi connectivity index (χ2n) is 8.82. The van der Waals surface area contributed by atoms with Gasteiger partial charge in [-0.1, -0.05) is 24.3 Å². The molecule has 8 heteroatoms.